The normalized spacial score (nSPS) is 14.4. The highest BCUT2D eigenvalue weighted by atomic mass is 19.1. The number of rotatable bonds is 4. The van der Waals surface area contributed by atoms with Crippen molar-refractivity contribution in [3.8, 4) is 0 Å². The Labute approximate surface area is 181 Å². The Kier molecular flexibility index (Phi) is 5.19. The summed E-state index contributed by atoms with van der Waals surface area (Å²) in [6, 6.07) is 22.2. The summed E-state index contributed by atoms with van der Waals surface area (Å²) in [6.45, 7) is 6.30. The van der Waals surface area contributed by atoms with Gasteiger partial charge in [-0.3, -0.25) is 9.59 Å². The second-order valence-electron chi connectivity index (χ2n) is 8.49. The zero-order chi connectivity index (χ0) is 22.2. The SMILES string of the molecule is CC(C)(C)c1ccc(N2C(=O)C(Nc3ccccc3)=C(c3ccc(F)cc3)C2=O)cc1. The summed E-state index contributed by atoms with van der Waals surface area (Å²) in [7, 11) is 0. The highest BCUT2D eigenvalue weighted by Gasteiger charge is 2.40. The number of hydrogen-bond donors (Lipinski definition) is 1. The van der Waals surface area contributed by atoms with Crippen molar-refractivity contribution in [3.05, 3.63) is 102 Å². The van der Waals surface area contributed by atoms with Crippen LogP contribution in [0.3, 0.4) is 0 Å². The summed E-state index contributed by atoms with van der Waals surface area (Å²) in [5, 5.41) is 3.09. The van der Waals surface area contributed by atoms with Gasteiger partial charge >= 0.3 is 0 Å². The first-order valence-electron chi connectivity index (χ1n) is 10.1. The van der Waals surface area contributed by atoms with Crippen LogP contribution in [-0.2, 0) is 15.0 Å². The fourth-order valence-electron chi connectivity index (χ4n) is 3.54. The summed E-state index contributed by atoms with van der Waals surface area (Å²) >= 11 is 0. The molecule has 0 unspecified atom stereocenters. The molecule has 1 heterocycles. The van der Waals surface area contributed by atoms with Gasteiger partial charge in [0.2, 0.25) is 0 Å². The van der Waals surface area contributed by atoms with Crippen molar-refractivity contribution in [3.63, 3.8) is 0 Å². The zero-order valence-electron chi connectivity index (χ0n) is 17.6. The second kappa shape index (κ2) is 7.84. The average Bonchev–Trinajstić information content (AvgIpc) is 2.98. The van der Waals surface area contributed by atoms with E-state index >= 15 is 0 Å². The molecule has 4 rings (SSSR count). The number of nitrogens with zero attached hydrogens (tertiary/aromatic N) is 1. The fourth-order valence-corrected chi connectivity index (χ4v) is 3.54. The van der Waals surface area contributed by atoms with Crippen LogP contribution in [0.2, 0.25) is 0 Å². The third kappa shape index (κ3) is 3.99. The molecule has 0 aliphatic carbocycles. The summed E-state index contributed by atoms with van der Waals surface area (Å²) in [5.74, 6) is -1.30. The van der Waals surface area contributed by atoms with Gasteiger partial charge in [-0.1, -0.05) is 63.2 Å². The lowest BCUT2D eigenvalue weighted by molar-refractivity contribution is -0.120. The van der Waals surface area contributed by atoms with Crippen molar-refractivity contribution >= 4 is 28.8 Å². The summed E-state index contributed by atoms with van der Waals surface area (Å²) in [5.41, 5.74) is 3.10. The molecule has 0 saturated heterocycles. The summed E-state index contributed by atoms with van der Waals surface area (Å²) in [4.78, 5) is 27.9. The Morgan fingerprint density at radius 2 is 1.39 bits per heavy atom. The largest absolute Gasteiger partial charge is 0.350 e. The average molecular weight is 414 g/mol. The lowest BCUT2D eigenvalue weighted by atomic mass is 9.87. The Morgan fingerprint density at radius 1 is 0.774 bits per heavy atom. The van der Waals surface area contributed by atoms with Crippen LogP contribution in [-0.4, -0.2) is 11.8 Å². The van der Waals surface area contributed by atoms with E-state index in [0.717, 1.165) is 10.5 Å². The lowest BCUT2D eigenvalue weighted by Gasteiger charge is -2.21. The molecular formula is C26H23FN2O2. The highest BCUT2D eigenvalue weighted by molar-refractivity contribution is 6.46. The molecule has 0 atom stereocenters. The van der Waals surface area contributed by atoms with Crippen LogP contribution in [0.5, 0.6) is 0 Å². The first-order chi connectivity index (χ1) is 14.8. The summed E-state index contributed by atoms with van der Waals surface area (Å²) in [6.07, 6.45) is 0. The molecule has 3 aromatic carbocycles. The number of carbonyl (C=O) groups is 2. The Hall–Kier alpha value is -3.73. The van der Waals surface area contributed by atoms with Gasteiger partial charge in [-0.15, -0.1) is 0 Å². The molecule has 0 spiro atoms. The van der Waals surface area contributed by atoms with Gasteiger partial charge in [0.15, 0.2) is 0 Å². The van der Waals surface area contributed by atoms with E-state index in [-0.39, 0.29) is 16.7 Å². The second-order valence-corrected chi connectivity index (χ2v) is 8.49. The lowest BCUT2D eigenvalue weighted by Crippen LogP contribution is -2.32. The van der Waals surface area contributed by atoms with E-state index in [0.29, 0.717) is 16.9 Å². The molecule has 1 N–H and O–H groups in total. The fraction of sp³-hybridized carbons (Fsp3) is 0.154. The van der Waals surface area contributed by atoms with Gasteiger partial charge < -0.3 is 5.32 Å². The van der Waals surface area contributed by atoms with Crippen molar-refractivity contribution in [2.45, 2.75) is 26.2 Å². The van der Waals surface area contributed by atoms with Crippen molar-refractivity contribution in [1.82, 2.24) is 0 Å². The molecule has 2 amide bonds. The maximum atomic E-state index is 13.5. The minimum absolute atomic E-state index is 0.0465. The molecular weight excluding hydrogens is 391 g/mol. The molecule has 0 aromatic heterocycles. The molecule has 0 saturated carbocycles. The Balaban J connectivity index is 1.77. The van der Waals surface area contributed by atoms with Crippen LogP contribution in [0.15, 0.2) is 84.6 Å². The molecule has 4 nitrogen and oxygen atoms in total. The molecule has 1 aliphatic rings. The monoisotopic (exact) mass is 414 g/mol. The van der Waals surface area contributed by atoms with E-state index in [1.807, 2.05) is 42.5 Å². The standard InChI is InChI=1S/C26H23FN2O2/c1-26(2,3)18-11-15-21(16-12-18)29-24(30)22(17-9-13-19(27)14-10-17)23(25(29)31)28-20-7-5-4-6-8-20/h4-16,28H,1-3H3. The number of para-hydroxylation sites is 1. The van der Waals surface area contributed by atoms with Crippen molar-refractivity contribution in [2.24, 2.45) is 0 Å². The number of nitrogens with one attached hydrogen (secondary N) is 1. The number of hydrogen-bond acceptors (Lipinski definition) is 3. The topological polar surface area (TPSA) is 49.4 Å². The van der Waals surface area contributed by atoms with Crippen LogP contribution in [0, 0.1) is 5.82 Å². The third-order valence-corrected chi connectivity index (χ3v) is 5.25. The molecule has 3 aromatic rings. The van der Waals surface area contributed by atoms with E-state index in [1.54, 1.807) is 12.1 Å². The van der Waals surface area contributed by atoms with Gasteiger partial charge in [-0.2, -0.15) is 0 Å². The highest BCUT2D eigenvalue weighted by Crippen LogP contribution is 2.34. The first kappa shape index (κ1) is 20.5. The number of anilines is 2. The van der Waals surface area contributed by atoms with E-state index in [2.05, 4.69) is 26.1 Å². The van der Waals surface area contributed by atoms with Gasteiger partial charge in [0.1, 0.15) is 11.5 Å². The number of halogens is 1. The van der Waals surface area contributed by atoms with Crippen molar-refractivity contribution < 1.29 is 14.0 Å². The van der Waals surface area contributed by atoms with E-state index < -0.39 is 17.6 Å². The van der Waals surface area contributed by atoms with Gasteiger partial charge in [-0.05, 0) is 52.9 Å². The van der Waals surface area contributed by atoms with Crippen LogP contribution >= 0.6 is 0 Å². The summed E-state index contributed by atoms with van der Waals surface area (Å²) < 4.78 is 13.5. The van der Waals surface area contributed by atoms with Crippen molar-refractivity contribution in [1.29, 1.82) is 0 Å². The maximum absolute atomic E-state index is 13.5. The minimum atomic E-state index is -0.448. The molecule has 0 fully saturated rings. The number of benzene rings is 3. The molecule has 156 valence electrons. The predicted molar refractivity (Wildman–Crippen MR) is 121 cm³/mol. The van der Waals surface area contributed by atoms with Gasteiger partial charge in [-0.25, -0.2) is 9.29 Å². The van der Waals surface area contributed by atoms with Crippen LogP contribution in [0.1, 0.15) is 31.9 Å². The smallest absolute Gasteiger partial charge is 0.282 e. The maximum Gasteiger partial charge on any atom is 0.282 e. The third-order valence-electron chi connectivity index (χ3n) is 5.25. The zero-order valence-corrected chi connectivity index (χ0v) is 17.6. The van der Waals surface area contributed by atoms with Gasteiger partial charge in [0.25, 0.3) is 11.8 Å². The number of carbonyl (C=O) groups excluding carboxylic acids is 2. The molecule has 31 heavy (non-hydrogen) atoms. The van der Waals surface area contributed by atoms with E-state index in [4.69, 9.17) is 0 Å². The molecule has 0 radical (unpaired) electrons. The Morgan fingerprint density at radius 3 is 1.97 bits per heavy atom. The molecule has 1 aliphatic heterocycles. The quantitative estimate of drug-likeness (QED) is 0.572. The van der Waals surface area contributed by atoms with E-state index in [1.165, 1.54) is 24.3 Å². The van der Waals surface area contributed by atoms with Gasteiger partial charge in [0, 0.05) is 5.69 Å². The number of imide groups is 1. The first-order valence-corrected chi connectivity index (χ1v) is 10.1. The predicted octanol–water partition coefficient (Wildman–Crippen LogP) is 5.52. The van der Waals surface area contributed by atoms with Crippen LogP contribution in [0.4, 0.5) is 15.8 Å². The van der Waals surface area contributed by atoms with Crippen molar-refractivity contribution in [2.75, 3.05) is 10.2 Å². The molecule has 0 bridgehead atoms. The van der Waals surface area contributed by atoms with Crippen LogP contribution in [0.25, 0.3) is 5.57 Å². The number of amides is 2. The minimum Gasteiger partial charge on any atom is -0.350 e. The molecule has 5 heteroatoms. The Bertz CT molecular complexity index is 1160. The van der Waals surface area contributed by atoms with Gasteiger partial charge in [0.05, 0.1) is 11.3 Å². The van der Waals surface area contributed by atoms with E-state index in [9.17, 15) is 14.0 Å². The van der Waals surface area contributed by atoms with Crippen LogP contribution < -0.4 is 10.2 Å².